The Morgan fingerprint density at radius 3 is 2.60 bits per heavy atom. The maximum Gasteiger partial charge on any atom is 0.230 e. The van der Waals surface area contributed by atoms with Crippen LogP contribution >= 0.6 is 0 Å². The fourth-order valence-electron chi connectivity index (χ4n) is 3.43. The minimum atomic E-state index is -0.0909. The van der Waals surface area contributed by atoms with E-state index >= 15 is 0 Å². The highest BCUT2D eigenvalue weighted by atomic mass is 16.2. The van der Waals surface area contributed by atoms with Crippen molar-refractivity contribution in [3.8, 4) is 0 Å². The van der Waals surface area contributed by atoms with E-state index in [1.807, 2.05) is 25.1 Å². The predicted octanol–water partition coefficient (Wildman–Crippen LogP) is 2.43. The number of anilines is 1. The number of carbonyl (C=O) groups excluding carboxylic acids is 2. The smallest absolute Gasteiger partial charge is 0.230 e. The molecule has 4 heteroatoms. The average Bonchev–Trinajstić information content (AvgIpc) is 2.37. The van der Waals surface area contributed by atoms with Crippen molar-refractivity contribution in [2.24, 2.45) is 5.92 Å². The molecule has 1 aliphatic carbocycles. The Balaban J connectivity index is 1.96. The quantitative estimate of drug-likeness (QED) is 0.631. The largest absolute Gasteiger partial charge is 0.399 e. The molecule has 1 aromatic rings. The predicted molar refractivity (Wildman–Crippen MR) is 76.8 cm³/mol. The molecule has 0 spiro atoms. The van der Waals surface area contributed by atoms with Gasteiger partial charge in [0.1, 0.15) is 0 Å². The third-order valence-corrected chi connectivity index (χ3v) is 4.34. The van der Waals surface area contributed by atoms with E-state index in [0.717, 1.165) is 30.5 Å². The number of nitrogen functional groups attached to an aromatic ring is 1. The van der Waals surface area contributed by atoms with Gasteiger partial charge in [-0.25, -0.2) is 0 Å². The molecule has 2 N–H and O–H groups in total. The first-order valence-electron chi connectivity index (χ1n) is 7.29. The molecule has 4 nitrogen and oxygen atoms in total. The second-order valence-electron chi connectivity index (χ2n) is 6.04. The molecule has 3 rings (SSSR count). The first-order chi connectivity index (χ1) is 9.56. The van der Waals surface area contributed by atoms with Crippen molar-refractivity contribution >= 4 is 17.5 Å². The molecule has 1 fully saturated rings. The van der Waals surface area contributed by atoms with Gasteiger partial charge in [0.25, 0.3) is 0 Å². The van der Waals surface area contributed by atoms with Crippen LogP contribution in [0.1, 0.15) is 49.8 Å². The lowest BCUT2D eigenvalue weighted by atomic mass is 9.84. The lowest BCUT2D eigenvalue weighted by molar-refractivity contribution is -0.153. The zero-order valence-electron chi connectivity index (χ0n) is 11.8. The van der Waals surface area contributed by atoms with Crippen molar-refractivity contribution in [1.29, 1.82) is 0 Å². The number of nitrogens with two attached hydrogens (primary N) is 1. The molecule has 1 saturated heterocycles. The Kier molecular flexibility index (Phi) is 3.24. The molecule has 1 atom stereocenters. The van der Waals surface area contributed by atoms with Crippen LogP contribution in [0.25, 0.3) is 0 Å². The highest BCUT2D eigenvalue weighted by Crippen LogP contribution is 2.38. The van der Waals surface area contributed by atoms with Crippen LogP contribution in [-0.4, -0.2) is 16.7 Å². The van der Waals surface area contributed by atoms with Gasteiger partial charge < -0.3 is 5.73 Å². The average molecular weight is 272 g/mol. The summed E-state index contributed by atoms with van der Waals surface area (Å²) in [7, 11) is 0. The third kappa shape index (κ3) is 2.19. The van der Waals surface area contributed by atoms with Gasteiger partial charge in [-0.05, 0) is 48.4 Å². The molecule has 106 valence electrons. The van der Waals surface area contributed by atoms with Gasteiger partial charge in [-0.1, -0.05) is 13.0 Å². The number of hydrogen-bond acceptors (Lipinski definition) is 3. The van der Waals surface area contributed by atoms with E-state index in [0.29, 0.717) is 12.8 Å². The van der Waals surface area contributed by atoms with E-state index in [1.54, 1.807) is 0 Å². The summed E-state index contributed by atoms with van der Waals surface area (Å²) in [6.45, 7) is 1.96. The topological polar surface area (TPSA) is 63.4 Å². The van der Waals surface area contributed by atoms with Crippen molar-refractivity contribution in [2.75, 3.05) is 5.73 Å². The Morgan fingerprint density at radius 1 is 1.20 bits per heavy atom. The summed E-state index contributed by atoms with van der Waals surface area (Å²) in [6, 6.07) is 5.72. The molecule has 1 aromatic carbocycles. The SMILES string of the molecule is CC1CC(=O)N(C2CCCc3cc(N)ccc32)C(=O)C1. The first kappa shape index (κ1) is 13.2. The number of rotatable bonds is 1. The highest BCUT2D eigenvalue weighted by molar-refractivity contribution is 5.98. The van der Waals surface area contributed by atoms with Crippen molar-refractivity contribution in [2.45, 2.75) is 45.1 Å². The van der Waals surface area contributed by atoms with Gasteiger partial charge in [0.05, 0.1) is 6.04 Å². The number of aryl methyl sites for hydroxylation is 1. The summed E-state index contributed by atoms with van der Waals surface area (Å²) >= 11 is 0. The Bertz CT molecular complexity index is 550. The molecule has 0 aromatic heterocycles. The monoisotopic (exact) mass is 272 g/mol. The molecule has 0 saturated carbocycles. The number of hydrogen-bond donors (Lipinski definition) is 1. The number of piperidine rings is 1. The van der Waals surface area contributed by atoms with Gasteiger partial charge in [0, 0.05) is 18.5 Å². The molecule has 2 amide bonds. The van der Waals surface area contributed by atoms with E-state index < -0.39 is 0 Å². The number of fused-ring (bicyclic) bond motifs is 1. The van der Waals surface area contributed by atoms with Crippen LogP contribution in [0.4, 0.5) is 5.69 Å². The molecular formula is C16H20N2O2. The van der Waals surface area contributed by atoms with Crippen LogP contribution in [0, 0.1) is 5.92 Å². The molecule has 1 heterocycles. The molecule has 0 radical (unpaired) electrons. The van der Waals surface area contributed by atoms with Crippen LogP contribution in [-0.2, 0) is 16.0 Å². The second-order valence-corrected chi connectivity index (χ2v) is 6.04. The summed E-state index contributed by atoms with van der Waals surface area (Å²) < 4.78 is 0. The van der Waals surface area contributed by atoms with Crippen LogP contribution in [0.3, 0.4) is 0 Å². The normalized spacial score (nSPS) is 23.9. The van der Waals surface area contributed by atoms with Gasteiger partial charge in [-0.15, -0.1) is 0 Å². The van der Waals surface area contributed by atoms with E-state index in [2.05, 4.69) is 0 Å². The first-order valence-corrected chi connectivity index (χ1v) is 7.29. The lowest BCUT2D eigenvalue weighted by Crippen LogP contribution is -2.45. The van der Waals surface area contributed by atoms with Gasteiger partial charge in [0.15, 0.2) is 0 Å². The Morgan fingerprint density at radius 2 is 1.90 bits per heavy atom. The lowest BCUT2D eigenvalue weighted by Gasteiger charge is -2.38. The fraction of sp³-hybridized carbons (Fsp3) is 0.500. The van der Waals surface area contributed by atoms with Crippen molar-refractivity contribution in [1.82, 2.24) is 4.90 Å². The van der Waals surface area contributed by atoms with Gasteiger partial charge in [0.2, 0.25) is 11.8 Å². The van der Waals surface area contributed by atoms with Crippen molar-refractivity contribution < 1.29 is 9.59 Å². The summed E-state index contributed by atoms with van der Waals surface area (Å²) in [6.07, 6.45) is 3.79. The summed E-state index contributed by atoms with van der Waals surface area (Å²) in [5.41, 5.74) is 8.86. The van der Waals surface area contributed by atoms with Crippen LogP contribution in [0.15, 0.2) is 18.2 Å². The molecule has 0 bridgehead atoms. The Hall–Kier alpha value is -1.84. The number of likely N-dealkylation sites (tertiary alicyclic amines) is 1. The number of amides is 2. The summed E-state index contributed by atoms with van der Waals surface area (Å²) in [5, 5.41) is 0. The molecule has 1 aliphatic heterocycles. The van der Waals surface area contributed by atoms with E-state index in [-0.39, 0.29) is 23.8 Å². The third-order valence-electron chi connectivity index (χ3n) is 4.34. The minimum Gasteiger partial charge on any atom is -0.399 e. The number of nitrogens with zero attached hydrogens (tertiary/aromatic N) is 1. The summed E-state index contributed by atoms with van der Waals surface area (Å²) in [4.78, 5) is 26.1. The minimum absolute atomic E-state index is 0.0246. The Labute approximate surface area is 118 Å². The van der Waals surface area contributed by atoms with E-state index in [4.69, 9.17) is 5.73 Å². The molecule has 1 unspecified atom stereocenters. The standard InChI is InChI=1S/C16H20N2O2/c1-10-7-15(19)18(16(20)8-10)14-4-2-3-11-9-12(17)5-6-13(11)14/h5-6,9-10,14H,2-4,7-8,17H2,1H3. The zero-order valence-corrected chi connectivity index (χ0v) is 11.8. The fourth-order valence-corrected chi connectivity index (χ4v) is 3.43. The van der Waals surface area contributed by atoms with Crippen molar-refractivity contribution in [3.63, 3.8) is 0 Å². The van der Waals surface area contributed by atoms with Crippen LogP contribution in [0.2, 0.25) is 0 Å². The van der Waals surface area contributed by atoms with Gasteiger partial charge in [-0.2, -0.15) is 0 Å². The second kappa shape index (κ2) is 4.93. The molecular weight excluding hydrogens is 252 g/mol. The summed E-state index contributed by atoms with van der Waals surface area (Å²) in [5.74, 6) is 0.118. The van der Waals surface area contributed by atoms with E-state index in [9.17, 15) is 9.59 Å². The number of benzene rings is 1. The molecule has 2 aliphatic rings. The maximum atomic E-state index is 12.3. The van der Waals surface area contributed by atoms with E-state index in [1.165, 1.54) is 10.5 Å². The molecule has 20 heavy (non-hydrogen) atoms. The van der Waals surface area contributed by atoms with Gasteiger partial charge in [-0.3, -0.25) is 14.5 Å². The van der Waals surface area contributed by atoms with Gasteiger partial charge >= 0.3 is 0 Å². The number of carbonyl (C=O) groups is 2. The highest BCUT2D eigenvalue weighted by Gasteiger charge is 2.37. The maximum absolute atomic E-state index is 12.3. The van der Waals surface area contributed by atoms with Crippen LogP contribution < -0.4 is 5.73 Å². The number of imide groups is 1. The zero-order chi connectivity index (χ0) is 14.3. The van der Waals surface area contributed by atoms with Crippen molar-refractivity contribution in [3.05, 3.63) is 29.3 Å². The van der Waals surface area contributed by atoms with Crippen LogP contribution in [0.5, 0.6) is 0 Å².